The molecule has 2 nitrogen and oxygen atoms in total. The summed E-state index contributed by atoms with van der Waals surface area (Å²) in [6, 6.07) is 6.90. The largest absolute Gasteiger partial charge is 0.329 e. The second-order valence-corrected chi connectivity index (χ2v) is 2.21. The molecule has 0 aliphatic heterocycles. The molecule has 0 atom stereocenters. The third-order valence-electron chi connectivity index (χ3n) is 1.07. The Bertz CT molecular complexity index is 220. The molecule has 0 aliphatic rings. The fourth-order valence-electron chi connectivity index (χ4n) is 0.614. The molecule has 0 saturated carbocycles. The second kappa shape index (κ2) is 3.22. The van der Waals surface area contributed by atoms with Crippen molar-refractivity contribution in [1.82, 2.24) is 0 Å². The Morgan fingerprint density at radius 2 is 1.90 bits per heavy atom. The Morgan fingerprint density at radius 1 is 1.30 bits per heavy atom. The summed E-state index contributed by atoms with van der Waals surface area (Å²) in [5, 5.41) is 3.16. The summed E-state index contributed by atoms with van der Waals surface area (Å²) in [6.45, 7) is 0. The lowest BCUT2D eigenvalue weighted by Gasteiger charge is -1.95. The molecule has 1 amide bonds. The maximum atomic E-state index is 9.92. The van der Waals surface area contributed by atoms with Crippen molar-refractivity contribution < 1.29 is 4.79 Å². The molecule has 10 heavy (non-hydrogen) atoms. The first-order valence-electron chi connectivity index (χ1n) is 2.78. The highest BCUT2D eigenvalue weighted by molar-refractivity contribution is 6.30. The Kier molecular flexibility index (Phi) is 2.29. The zero-order chi connectivity index (χ0) is 7.40. The number of benzene rings is 1. The molecule has 1 aromatic rings. The summed E-state index contributed by atoms with van der Waals surface area (Å²) in [4.78, 5) is 9.92. The van der Waals surface area contributed by atoms with E-state index in [2.05, 4.69) is 5.32 Å². The van der Waals surface area contributed by atoms with E-state index >= 15 is 0 Å². The molecule has 0 bridgehead atoms. The monoisotopic (exact) mass is 155 g/mol. The van der Waals surface area contributed by atoms with Gasteiger partial charge in [0, 0.05) is 10.7 Å². The van der Waals surface area contributed by atoms with Crippen LogP contribution in [-0.4, -0.2) is 6.41 Å². The molecule has 0 unspecified atom stereocenters. The zero-order valence-electron chi connectivity index (χ0n) is 5.17. The van der Waals surface area contributed by atoms with E-state index in [1.807, 2.05) is 0 Å². The highest BCUT2D eigenvalue weighted by Crippen LogP contribution is 2.12. The maximum Gasteiger partial charge on any atom is 0.211 e. The summed E-state index contributed by atoms with van der Waals surface area (Å²) in [5.74, 6) is 0. The molecule has 0 spiro atoms. The van der Waals surface area contributed by atoms with Gasteiger partial charge in [-0.05, 0) is 24.3 Å². The van der Waals surface area contributed by atoms with Crippen LogP contribution in [-0.2, 0) is 4.79 Å². The lowest BCUT2D eigenvalue weighted by atomic mass is 10.3. The van der Waals surface area contributed by atoms with E-state index in [4.69, 9.17) is 11.6 Å². The zero-order valence-corrected chi connectivity index (χ0v) is 5.93. The molecule has 52 valence electrons. The molecular weight excluding hydrogens is 150 g/mol. The number of hydrogen-bond acceptors (Lipinski definition) is 1. The third kappa shape index (κ3) is 1.74. The van der Waals surface area contributed by atoms with E-state index in [-0.39, 0.29) is 0 Å². The van der Waals surface area contributed by atoms with Crippen molar-refractivity contribution in [2.24, 2.45) is 0 Å². The van der Waals surface area contributed by atoms with Crippen LogP contribution in [0.15, 0.2) is 24.3 Å². The number of halogens is 1. The van der Waals surface area contributed by atoms with Gasteiger partial charge in [-0.15, -0.1) is 0 Å². The van der Waals surface area contributed by atoms with E-state index in [1.54, 1.807) is 24.3 Å². The number of rotatable bonds is 2. The first-order chi connectivity index (χ1) is 4.83. The van der Waals surface area contributed by atoms with Gasteiger partial charge in [0.2, 0.25) is 6.41 Å². The quantitative estimate of drug-likeness (QED) is 0.650. The van der Waals surface area contributed by atoms with Gasteiger partial charge >= 0.3 is 0 Å². The number of anilines is 1. The summed E-state index contributed by atoms with van der Waals surface area (Å²) < 4.78 is 0. The molecule has 0 aliphatic carbocycles. The van der Waals surface area contributed by atoms with Gasteiger partial charge in [0.05, 0.1) is 0 Å². The first-order valence-corrected chi connectivity index (χ1v) is 3.16. The first kappa shape index (κ1) is 7.09. The van der Waals surface area contributed by atoms with Crippen LogP contribution in [0, 0.1) is 0 Å². The summed E-state index contributed by atoms with van der Waals surface area (Å²) in [6.07, 6.45) is 0.628. The minimum atomic E-state index is 0.628. The van der Waals surface area contributed by atoms with Crippen LogP contribution in [0.5, 0.6) is 0 Å². The predicted octanol–water partition coefficient (Wildman–Crippen LogP) is 1.91. The van der Waals surface area contributed by atoms with Gasteiger partial charge in [0.1, 0.15) is 0 Å². The minimum absolute atomic E-state index is 0.628. The Morgan fingerprint density at radius 3 is 2.40 bits per heavy atom. The van der Waals surface area contributed by atoms with Gasteiger partial charge in [-0.3, -0.25) is 4.79 Å². The standard InChI is InChI=1S/C7H6ClNO/c8-6-1-3-7(4-2-6)9-5-10/h1-5H,(H,9,10). The molecule has 1 aromatic carbocycles. The number of nitrogens with one attached hydrogen (secondary N) is 1. The lowest BCUT2D eigenvalue weighted by Crippen LogP contribution is -1.91. The number of hydrogen-bond donors (Lipinski definition) is 1. The van der Waals surface area contributed by atoms with Crippen LogP contribution in [0.25, 0.3) is 0 Å². The van der Waals surface area contributed by atoms with E-state index in [0.717, 1.165) is 5.69 Å². The van der Waals surface area contributed by atoms with Gasteiger partial charge in [0.15, 0.2) is 0 Å². The summed E-state index contributed by atoms with van der Waals surface area (Å²) in [5.41, 5.74) is 0.749. The van der Waals surface area contributed by atoms with Gasteiger partial charge in [-0.25, -0.2) is 0 Å². The van der Waals surface area contributed by atoms with Crippen LogP contribution in [0.2, 0.25) is 5.02 Å². The third-order valence-corrected chi connectivity index (χ3v) is 1.32. The van der Waals surface area contributed by atoms with Crippen molar-refractivity contribution >= 4 is 23.7 Å². The molecule has 3 heteroatoms. The number of carbonyl (C=O) groups excluding carboxylic acids is 1. The van der Waals surface area contributed by atoms with Crippen molar-refractivity contribution in [2.45, 2.75) is 0 Å². The Balaban J connectivity index is 2.78. The number of carbonyl (C=O) groups is 1. The molecule has 0 radical (unpaired) electrons. The van der Waals surface area contributed by atoms with Crippen molar-refractivity contribution in [3.05, 3.63) is 29.3 Å². The van der Waals surface area contributed by atoms with E-state index in [0.29, 0.717) is 11.4 Å². The fraction of sp³-hybridized carbons (Fsp3) is 0. The predicted molar refractivity (Wildman–Crippen MR) is 41.1 cm³/mol. The normalized spacial score (nSPS) is 8.90. The molecule has 0 heterocycles. The molecule has 0 fully saturated rings. The Labute approximate surface area is 63.8 Å². The van der Waals surface area contributed by atoms with Gasteiger partial charge in [-0.1, -0.05) is 11.6 Å². The second-order valence-electron chi connectivity index (χ2n) is 1.77. The summed E-state index contributed by atoms with van der Waals surface area (Å²) >= 11 is 5.60. The van der Waals surface area contributed by atoms with Crippen LogP contribution in [0.4, 0.5) is 5.69 Å². The van der Waals surface area contributed by atoms with Gasteiger partial charge in [-0.2, -0.15) is 0 Å². The Hall–Kier alpha value is -1.02. The smallest absolute Gasteiger partial charge is 0.211 e. The average Bonchev–Trinajstić information content (AvgIpc) is 1.95. The van der Waals surface area contributed by atoms with Crippen molar-refractivity contribution in [1.29, 1.82) is 0 Å². The summed E-state index contributed by atoms with van der Waals surface area (Å²) in [7, 11) is 0. The van der Waals surface area contributed by atoms with Crippen LogP contribution >= 0.6 is 11.6 Å². The van der Waals surface area contributed by atoms with E-state index in [1.165, 1.54) is 0 Å². The van der Waals surface area contributed by atoms with Gasteiger partial charge in [0.25, 0.3) is 0 Å². The molecular formula is C7H6ClNO. The number of amides is 1. The molecule has 1 N–H and O–H groups in total. The SMILES string of the molecule is O=CNc1ccc(Cl)cc1. The average molecular weight is 156 g/mol. The van der Waals surface area contributed by atoms with Crippen LogP contribution in [0.3, 0.4) is 0 Å². The van der Waals surface area contributed by atoms with E-state index < -0.39 is 0 Å². The van der Waals surface area contributed by atoms with Crippen LogP contribution < -0.4 is 5.32 Å². The van der Waals surface area contributed by atoms with Crippen molar-refractivity contribution in [3.63, 3.8) is 0 Å². The molecule has 0 aromatic heterocycles. The lowest BCUT2D eigenvalue weighted by molar-refractivity contribution is -0.105. The fourth-order valence-corrected chi connectivity index (χ4v) is 0.740. The molecule has 0 saturated heterocycles. The van der Waals surface area contributed by atoms with Crippen molar-refractivity contribution in [3.8, 4) is 0 Å². The minimum Gasteiger partial charge on any atom is -0.329 e. The topological polar surface area (TPSA) is 29.1 Å². The van der Waals surface area contributed by atoms with E-state index in [9.17, 15) is 4.79 Å². The highest BCUT2D eigenvalue weighted by Gasteiger charge is 1.87. The van der Waals surface area contributed by atoms with Crippen LogP contribution in [0.1, 0.15) is 0 Å². The van der Waals surface area contributed by atoms with Crippen molar-refractivity contribution in [2.75, 3.05) is 5.32 Å². The highest BCUT2D eigenvalue weighted by atomic mass is 35.5. The van der Waals surface area contributed by atoms with Gasteiger partial charge < -0.3 is 5.32 Å². The molecule has 1 rings (SSSR count). The maximum absolute atomic E-state index is 9.92.